The van der Waals surface area contributed by atoms with Gasteiger partial charge in [0.15, 0.2) is 5.76 Å². The second-order valence-electron chi connectivity index (χ2n) is 6.74. The zero-order valence-electron chi connectivity index (χ0n) is 15.5. The van der Waals surface area contributed by atoms with Gasteiger partial charge in [0.25, 0.3) is 0 Å². The van der Waals surface area contributed by atoms with Gasteiger partial charge in [0.1, 0.15) is 12.2 Å². The minimum absolute atomic E-state index is 0.172. The van der Waals surface area contributed by atoms with Crippen molar-refractivity contribution < 1.29 is 13.6 Å². The van der Waals surface area contributed by atoms with Gasteiger partial charge in [-0.15, -0.1) is 0 Å². The number of ether oxygens (including phenoxy) is 1. The van der Waals surface area contributed by atoms with E-state index < -0.39 is 0 Å². The third-order valence-electron chi connectivity index (χ3n) is 4.66. The molecule has 0 bridgehead atoms. The van der Waals surface area contributed by atoms with Gasteiger partial charge in [-0.2, -0.15) is 0 Å². The molecule has 2 aromatic carbocycles. The molecule has 4 rings (SSSR count). The Bertz CT molecular complexity index is 1170. The van der Waals surface area contributed by atoms with Crippen molar-refractivity contribution in [3.05, 3.63) is 87.3 Å². The predicted molar refractivity (Wildman–Crippen MR) is 105 cm³/mol. The van der Waals surface area contributed by atoms with Crippen molar-refractivity contribution >= 4 is 11.0 Å². The van der Waals surface area contributed by atoms with Gasteiger partial charge in [-0.05, 0) is 61.2 Å². The van der Waals surface area contributed by atoms with Gasteiger partial charge < -0.3 is 13.6 Å². The lowest BCUT2D eigenvalue weighted by molar-refractivity contribution is 0.295. The molecular formula is C23H20O4. The summed E-state index contributed by atoms with van der Waals surface area (Å²) in [6.45, 7) is 6.18. The van der Waals surface area contributed by atoms with Crippen LogP contribution >= 0.6 is 0 Å². The van der Waals surface area contributed by atoms with Gasteiger partial charge in [-0.3, -0.25) is 4.79 Å². The fourth-order valence-corrected chi connectivity index (χ4v) is 3.26. The highest BCUT2D eigenvalue weighted by Gasteiger charge is 2.21. The summed E-state index contributed by atoms with van der Waals surface area (Å²) in [7, 11) is 0. The Kier molecular flexibility index (Phi) is 4.32. The van der Waals surface area contributed by atoms with E-state index in [2.05, 4.69) is 0 Å². The first-order valence-corrected chi connectivity index (χ1v) is 8.84. The predicted octanol–water partition coefficient (Wildman–Crippen LogP) is 5.56. The van der Waals surface area contributed by atoms with E-state index in [1.54, 1.807) is 18.4 Å². The average Bonchev–Trinajstić information content (AvgIpc) is 3.17. The molecule has 0 aliphatic heterocycles. The van der Waals surface area contributed by atoms with E-state index in [1.807, 2.05) is 57.2 Å². The summed E-state index contributed by atoms with van der Waals surface area (Å²) in [6, 6.07) is 15.3. The van der Waals surface area contributed by atoms with Crippen LogP contribution in [0.25, 0.3) is 22.5 Å². The molecule has 0 N–H and O–H groups in total. The lowest BCUT2D eigenvalue weighted by atomic mass is 10.1. The third-order valence-corrected chi connectivity index (χ3v) is 4.66. The topological polar surface area (TPSA) is 52.6 Å². The lowest BCUT2D eigenvalue weighted by Gasteiger charge is -2.12. The van der Waals surface area contributed by atoms with E-state index in [1.165, 1.54) is 0 Å². The first kappa shape index (κ1) is 17.2. The Hall–Kier alpha value is -3.27. The van der Waals surface area contributed by atoms with Gasteiger partial charge in [-0.1, -0.05) is 30.3 Å². The third kappa shape index (κ3) is 3.14. The average molecular weight is 360 g/mol. The molecule has 136 valence electrons. The number of benzene rings is 2. The minimum Gasteiger partial charge on any atom is -0.481 e. The highest BCUT2D eigenvalue weighted by atomic mass is 16.5. The zero-order chi connectivity index (χ0) is 19.0. The highest BCUT2D eigenvalue weighted by molar-refractivity contribution is 5.84. The van der Waals surface area contributed by atoms with Crippen LogP contribution in [0.1, 0.15) is 22.3 Å². The zero-order valence-corrected chi connectivity index (χ0v) is 15.5. The van der Waals surface area contributed by atoms with Crippen LogP contribution in [-0.4, -0.2) is 0 Å². The largest absolute Gasteiger partial charge is 0.481 e. The van der Waals surface area contributed by atoms with Gasteiger partial charge in [0.2, 0.25) is 16.9 Å². The molecule has 0 radical (unpaired) electrons. The standard InChI is InChI=1S/C23H20O4/c1-14-11-16(3)21-18(12-14)20(24)23(22(27-21)19-9-6-10-25-19)26-13-17-8-5-4-7-15(17)2/h4-12H,13H2,1-3H3. The van der Waals surface area contributed by atoms with Gasteiger partial charge >= 0.3 is 0 Å². The second kappa shape index (κ2) is 6.80. The summed E-state index contributed by atoms with van der Waals surface area (Å²) < 4.78 is 17.6. The molecule has 0 spiro atoms. The fourth-order valence-electron chi connectivity index (χ4n) is 3.26. The summed E-state index contributed by atoms with van der Waals surface area (Å²) in [5.74, 6) is 0.956. The van der Waals surface area contributed by atoms with Crippen LogP contribution in [0.3, 0.4) is 0 Å². The molecule has 0 fully saturated rings. The SMILES string of the molecule is Cc1cc(C)c2oc(-c3ccco3)c(OCc3ccccc3C)c(=O)c2c1. The molecule has 4 nitrogen and oxygen atoms in total. The first-order chi connectivity index (χ1) is 13.0. The van der Waals surface area contributed by atoms with Crippen molar-refractivity contribution in [1.82, 2.24) is 0 Å². The van der Waals surface area contributed by atoms with Crippen molar-refractivity contribution in [2.24, 2.45) is 0 Å². The molecule has 4 aromatic rings. The van der Waals surface area contributed by atoms with Gasteiger partial charge in [0, 0.05) is 0 Å². The minimum atomic E-state index is -0.192. The molecule has 0 unspecified atom stereocenters. The van der Waals surface area contributed by atoms with E-state index in [0.717, 1.165) is 22.3 Å². The van der Waals surface area contributed by atoms with Crippen LogP contribution in [0.5, 0.6) is 5.75 Å². The summed E-state index contributed by atoms with van der Waals surface area (Å²) in [5.41, 5.74) is 4.39. The fraction of sp³-hybridized carbons (Fsp3) is 0.174. The quantitative estimate of drug-likeness (QED) is 0.478. The number of hydrogen-bond acceptors (Lipinski definition) is 4. The van der Waals surface area contributed by atoms with Crippen LogP contribution in [-0.2, 0) is 6.61 Å². The molecule has 27 heavy (non-hydrogen) atoms. The van der Waals surface area contributed by atoms with Crippen molar-refractivity contribution in [3.8, 4) is 17.3 Å². The van der Waals surface area contributed by atoms with Gasteiger partial charge in [0.05, 0.1) is 11.6 Å². The molecule has 4 heteroatoms. The monoisotopic (exact) mass is 360 g/mol. The maximum Gasteiger partial charge on any atom is 0.235 e. The van der Waals surface area contributed by atoms with Crippen LogP contribution in [0.2, 0.25) is 0 Å². The second-order valence-corrected chi connectivity index (χ2v) is 6.74. The Morgan fingerprint density at radius 2 is 1.78 bits per heavy atom. The van der Waals surface area contributed by atoms with E-state index in [4.69, 9.17) is 13.6 Å². The summed E-state index contributed by atoms with van der Waals surface area (Å²) in [5, 5.41) is 0.516. The number of fused-ring (bicyclic) bond motifs is 1. The number of furan rings is 1. The van der Waals surface area contributed by atoms with Crippen LogP contribution in [0.15, 0.2) is 68.4 Å². The maximum absolute atomic E-state index is 13.2. The van der Waals surface area contributed by atoms with Gasteiger partial charge in [-0.25, -0.2) is 0 Å². The van der Waals surface area contributed by atoms with E-state index >= 15 is 0 Å². The Morgan fingerprint density at radius 1 is 0.963 bits per heavy atom. The number of hydrogen-bond donors (Lipinski definition) is 0. The highest BCUT2D eigenvalue weighted by Crippen LogP contribution is 2.33. The van der Waals surface area contributed by atoms with E-state index in [9.17, 15) is 4.79 Å². The molecule has 0 saturated heterocycles. The Morgan fingerprint density at radius 3 is 2.52 bits per heavy atom. The summed E-state index contributed by atoms with van der Waals surface area (Å²) >= 11 is 0. The van der Waals surface area contributed by atoms with Crippen molar-refractivity contribution in [2.75, 3.05) is 0 Å². The molecule has 0 aliphatic carbocycles. The number of aryl methyl sites for hydroxylation is 3. The molecule has 0 amide bonds. The molecule has 0 saturated carbocycles. The maximum atomic E-state index is 13.2. The lowest BCUT2D eigenvalue weighted by Crippen LogP contribution is -2.11. The Balaban J connectivity index is 1.89. The van der Waals surface area contributed by atoms with Crippen LogP contribution in [0, 0.1) is 20.8 Å². The molecule has 0 atom stereocenters. The van der Waals surface area contributed by atoms with E-state index in [-0.39, 0.29) is 17.8 Å². The normalized spacial score (nSPS) is 11.1. The smallest absolute Gasteiger partial charge is 0.235 e. The molecular weight excluding hydrogens is 340 g/mol. The first-order valence-electron chi connectivity index (χ1n) is 8.84. The number of rotatable bonds is 4. The summed E-state index contributed by atoms with van der Waals surface area (Å²) in [6.07, 6.45) is 1.55. The van der Waals surface area contributed by atoms with Crippen LogP contribution in [0.4, 0.5) is 0 Å². The van der Waals surface area contributed by atoms with Crippen molar-refractivity contribution in [3.63, 3.8) is 0 Å². The molecule has 2 aromatic heterocycles. The Labute approximate surface area is 157 Å². The van der Waals surface area contributed by atoms with E-state index in [0.29, 0.717) is 22.5 Å². The summed E-state index contributed by atoms with van der Waals surface area (Å²) in [4.78, 5) is 13.2. The molecule has 0 aliphatic rings. The molecule has 2 heterocycles. The van der Waals surface area contributed by atoms with Crippen molar-refractivity contribution in [2.45, 2.75) is 27.4 Å². The van der Waals surface area contributed by atoms with Crippen LogP contribution < -0.4 is 10.2 Å². The van der Waals surface area contributed by atoms with Crippen molar-refractivity contribution in [1.29, 1.82) is 0 Å².